The molecule has 0 heterocycles. The Morgan fingerprint density at radius 2 is 1.33 bits per heavy atom. The Balaban J connectivity index is -0.00000000667. The van der Waals surface area contributed by atoms with Crippen LogP contribution in [0, 0.1) is 4.91 Å². The second kappa shape index (κ2) is 28.7. The first-order valence-corrected chi connectivity index (χ1v) is 0.383. The molecule has 0 spiro atoms. The van der Waals surface area contributed by atoms with Crippen LogP contribution < -0.4 is 0 Å². The van der Waals surface area contributed by atoms with Crippen molar-refractivity contribution in [2.24, 2.45) is 5.34 Å². The fourth-order valence-electron chi connectivity index (χ4n) is 0. The minimum atomic E-state index is 0. The zero-order chi connectivity index (χ0) is 2.71. The Kier molecular flexibility index (Phi) is 118. The molecule has 34 valence electrons. The maximum atomic E-state index is 8.11. The third-order valence-electron chi connectivity index (χ3n) is 0. The maximum absolute atomic E-state index is 8.11. The van der Waals surface area contributed by atoms with Crippen molar-refractivity contribution in [3.8, 4) is 0 Å². The van der Waals surface area contributed by atoms with Crippen LogP contribution in [-0.2, 0) is 0 Å². The van der Waals surface area contributed by atoms with E-state index in [2.05, 4.69) is 0 Å². The summed E-state index contributed by atoms with van der Waals surface area (Å²) in [7, 11) is 0. The van der Waals surface area contributed by atoms with Crippen molar-refractivity contribution in [1.29, 1.82) is 0 Å². The van der Waals surface area contributed by atoms with Gasteiger partial charge in [-0.15, -0.1) is 4.91 Å². The van der Waals surface area contributed by atoms with Gasteiger partial charge in [0.1, 0.15) is 0 Å². The Morgan fingerprint density at radius 1 is 1.33 bits per heavy atom. The monoisotopic (exact) mass is 149 g/mol. The zero-order valence-corrected chi connectivity index (χ0v) is 1.80. The molecular weight excluding hydrogens is 142 g/mol. The molecule has 0 fully saturated rings. The molecule has 0 atom stereocenters. The van der Waals surface area contributed by atoms with Crippen molar-refractivity contribution in [2.45, 2.75) is 0 Å². The molecular formula is H7Ca2NO3. The van der Waals surface area contributed by atoms with E-state index in [1.165, 1.54) is 5.34 Å². The van der Waals surface area contributed by atoms with Gasteiger partial charge in [0.15, 0.2) is 5.34 Å². The van der Waals surface area contributed by atoms with Crippen LogP contribution in [0.4, 0.5) is 0 Å². The van der Waals surface area contributed by atoms with Gasteiger partial charge in [-0.25, -0.2) is 0 Å². The van der Waals surface area contributed by atoms with Crippen LogP contribution in [0.15, 0.2) is 5.34 Å². The molecule has 3 N–H and O–H groups in total. The quantitative estimate of drug-likeness (QED) is 0.234. The van der Waals surface area contributed by atoms with Crippen LogP contribution in [0.1, 0.15) is 0 Å². The van der Waals surface area contributed by atoms with E-state index < -0.39 is 0 Å². The Bertz CT molecular complexity index is 16.3. The first-order valence-electron chi connectivity index (χ1n) is 0.383. The molecule has 0 aliphatic rings. The summed E-state index contributed by atoms with van der Waals surface area (Å²) < 4.78 is 0. The van der Waals surface area contributed by atoms with Crippen LogP contribution in [0.25, 0.3) is 0 Å². The van der Waals surface area contributed by atoms with E-state index in [9.17, 15) is 0 Å². The number of rotatable bonds is 0. The molecule has 0 aromatic rings. The fourth-order valence-corrected chi connectivity index (χ4v) is 0. The van der Waals surface area contributed by atoms with Gasteiger partial charge in [-0.05, 0) is 0 Å². The molecule has 4 nitrogen and oxygen atoms in total. The Morgan fingerprint density at radius 3 is 1.33 bits per heavy atom. The molecule has 0 aliphatic carbocycles. The van der Waals surface area contributed by atoms with E-state index in [-0.39, 0.29) is 81.0 Å². The molecule has 0 rings (SSSR count). The predicted molar refractivity (Wildman–Crippen MR) is 28.3 cm³/mol. The fraction of sp³-hybridized carbons (Fsp3) is 0. The summed E-state index contributed by atoms with van der Waals surface area (Å²) >= 11 is 0. The molecule has 0 aromatic carbocycles. The van der Waals surface area contributed by atoms with Crippen LogP contribution in [0.5, 0.6) is 0 Å². The van der Waals surface area contributed by atoms with Gasteiger partial charge in [0.05, 0.1) is 0 Å². The molecule has 6 heavy (non-hydrogen) atoms. The van der Waals surface area contributed by atoms with Gasteiger partial charge in [0, 0.05) is 0 Å². The second-order valence-corrected chi connectivity index (χ2v) is 0.0816. The van der Waals surface area contributed by atoms with Crippen molar-refractivity contribution in [2.75, 3.05) is 0 Å². The van der Waals surface area contributed by atoms with Crippen LogP contribution in [-0.4, -0.2) is 86.2 Å². The van der Waals surface area contributed by atoms with Crippen LogP contribution >= 0.6 is 0 Å². The molecule has 0 unspecified atom stereocenters. The van der Waals surface area contributed by atoms with E-state index in [1.54, 1.807) is 0 Å². The molecule has 0 bridgehead atoms. The van der Waals surface area contributed by atoms with Gasteiger partial charge in [-0.2, -0.15) is 0 Å². The van der Waals surface area contributed by atoms with Gasteiger partial charge >= 0.3 is 75.5 Å². The molecule has 0 radical (unpaired) electrons. The Hall–Kier alpha value is 1.88. The molecule has 0 saturated heterocycles. The topological polar surface area (TPSA) is 81.2 Å². The van der Waals surface area contributed by atoms with Crippen molar-refractivity contribution < 1.29 is 10.7 Å². The third kappa shape index (κ3) is 39.6. The van der Waals surface area contributed by atoms with E-state index >= 15 is 0 Å². The third-order valence-corrected chi connectivity index (χ3v) is 0. The van der Waals surface area contributed by atoms with Crippen LogP contribution in [0.3, 0.4) is 0 Å². The first-order chi connectivity index (χ1) is 1.41. The average Bonchev–Trinajstić information content (AvgIpc) is 0.918. The summed E-state index contributed by atoms with van der Waals surface area (Å²) in [5.74, 6) is 0. The molecule has 0 amide bonds. The van der Waals surface area contributed by atoms with E-state index in [1.807, 2.05) is 0 Å². The first kappa shape index (κ1) is 24.8. The SMILES string of the molecule is O.O=NO.[CaH2].[CaH2]. The van der Waals surface area contributed by atoms with Gasteiger partial charge in [-0.3, -0.25) is 0 Å². The summed E-state index contributed by atoms with van der Waals surface area (Å²) in [6.07, 6.45) is 0. The summed E-state index contributed by atoms with van der Waals surface area (Å²) in [5, 5.41) is 7.89. The summed E-state index contributed by atoms with van der Waals surface area (Å²) in [5.41, 5.74) is 0. The van der Waals surface area contributed by atoms with Gasteiger partial charge in [-0.1, -0.05) is 0 Å². The number of nitrogens with zero attached hydrogens (tertiary/aromatic N) is 1. The van der Waals surface area contributed by atoms with Crippen LogP contribution in [0.2, 0.25) is 0 Å². The average molecular weight is 149 g/mol. The van der Waals surface area contributed by atoms with E-state index in [4.69, 9.17) is 10.1 Å². The number of hydrogen-bond acceptors (Lipinski definition) is 2. The van der Waals surface area contributed by atoms with Gasteiger partial charge in [0.2, 0.25) is 0 Å². The van der Waals surface area contributed by atoms with Crippen molar-refractivity contribution in [1.82, 2.24) is 0 Å². The summed E-state index contributed by atoms with van der Waals surface area (Å²) in [4.78, 5) is 8.11. The second-order valence-electron chi connectivity index (χ2n) is 0.0816. The van der Waals surface area contributed by atoms with Crippen molar-refractivity contribution >= 4 is 75.5 Å². The van der Waals surface area contributed by atoms with E-state index in [0.29, 0.717) is 0 Å². The Labute approximate surface area is 94.5 Å². The molecule has 6 heteroatoms. The van der Waals surface area contributed by atoms with E-state index in [0.717, 1.165) is 0 Å². The zero-order valence-electron chi connectivity index (χ0n) is 1.80. The summed E-state index contributed by atoms with van der Waals surface area (Å²) in [6.45, 7) is 0. The number of hydrogen-bond donors (Lipinski definition) is 1. The van der Waals surface area contributed by atoms with Gasteiger partial charge < -0.3 is 10.7 Å². The standard InChI is InChI=1S/2Ca.HNO2.H2O.4H/c;;2-1-3;;;;;/h;;(H,2,3);1H2;;;;. The molecule has 0 aliphatic heterocycles. The summed E-state index contributed by atoms with van der Waals surface area (Å²) in [6, 6.07) is 0. The minimum absolute atomic E-state index is 0. The predicted octanol–water partition coefficient (Wildman–Crippen LogP) is -2.52. The van der Waals surface area contributed by atoms with Gasteiger partial charge in [0.25, 0.3) is 0 Å². The van der Waals surface area contributed by atoms with Crippen molar-refractivity contribution in [3.63, 3.8) is 0 Å². The van der Waals surface area contributed by atoms with Crippen molar-refractivity contribution in [3.05, 3.63) is 4.91 Å². The molecule has 0 aromatic heterocycles. The normalized spacial score (nSPS) is 2.00. The molecule has 0 saturated carbocycles.